The second kappa shape index (κ2) is 8.16. The highest BCUT2D eigenvalue weighted by atomic mass is 32.1. The molecule has 0 unspecified atom stereocenters. The van der Waals surface area contributed by atoms with Crippen molar-refractivity contribution in [2.24, 2.45) is 0 Å². The van der Waals surface area contributed by atoms with E-state index in [2.05, 4.69) is 14.1 Å². The van der Waals surface area contributed by atoms with Crippen molar-refractivity contribution < 1.29 is 19.2 Å². The van der Waals surface area contributed by atoms with Crippen molar-refractivity contribution in [1.82, 2.24) is 4.98 Å². The number of carbonyl (C=O) groups excluding carboxylic acids is 1. The largest absolute Gasteiger partial charge is 0.486 e. The molecule has 0 aliphatic carbocycles. The molecule has 1 aliphatic heterocycles. The third-order valence-corrected chi connectivity index (χ3v) is 5.67. The summed E-state index contributed by atoms with van der Waals surface area (Å²) in [6, 6.07) is 13.4. The summed E-state index contributed by atoms with van der Waals surface area (Å²) in [4.78, 5) is 21.2. The summed E-state index contributed by atoms with van der Waals surface area (Å²) < 4.78 is 12.3. The quantitative estimate of drug-likeness (QED) is 0.692. The molecule has 146 valence electrons. The van der Waals surface area contributed by atoms with Gasteiger partial charge >= 0.3 is 0 Å². The Morgan fingerprint density at radius 1 is 1.14 bits per heavy atom. The number of anilines is 1. The first-order chi connectivity index (χ1) is 13.6. The molecular weight excluding hydrogens is 374 g/mol. The van der Waals surface area contributed by atoms with Gasteiger partial charge in [-0.25, -0.2) is 4.98 Å². The van der Waals surface area contributed by atoms with Crippen molar-refractivity contribution in [3.05, 3.63) is 48.0 Å². The lowest BCUT2D eigenvalue weighted by Crippen LogP contribution is -3.05. The number of quaternary nitrogens is 1. The van der Waals surface area contributed by atoms with Gasteiger partial charge in [-0.1, -0.05) is 23.5 Å². The van der Waals surface area contributed by atoms with Crippen LogP contribution in [0.25, 0.3) is 10.2 Å². The molecule has 0 spiro atoms. The first kappa shape index (κ1) is 18.7. The minimum Gasteiger partial charge on any atom is -0.486 e. The number of amides is 1. The molecule has 0 radical (unpaired) electrons. The van der Waals surface area contributed by atoms with Crippen LogP contribution in [0.5, 0.6) is 11.5 Å². The smallest absolute Gasteiger partial charge is 0.260 e. The maximum atomic E-state index is 13.4. The number of rotatable bonds is 6. The molecular formula is C21H24N3O3S+. The predicted octanol–water partition coefficient (Wildman–Crippen LogP) is 2.25. The van der Waals surface area contributed by atoms with Crippen LogP contribution in [0.2, 0.25) is 0 Å². The van der Waals surface area contributed by atoms with Crippen molar-refractivity contribution in [3.8, 4) is 11.5 Å². The van der Waals surface area contributed by atoms with E-state index in [1.165, 1.54) is 4.90 Å². The van der Waals surface area contributed by atoms with Crippen LogP contribution in [-0.2, 0) is 0 Å². The molecule has 7 heteroatoms. The van der Waals surface area contributed by atoms with Crippen LogP contribution < -0.4 is 19.3 Å². The third kappa shape index (κ3) is 3.95. The molecule has 0 bridgehead atoms. The van der Waals surface area contributed by atoms with E-state index in [1.54, 1.807) is 28.4 Å². The molecule has 0 fully saturated rings. The van der Waals surface area contributed by atoms with Crippen molar-refractivity contribution in [3.63, 3.8) is 0 Å². The molecule has 2 heterocycles. The maximum absolute atomic E-state index is 13.4. The number of carbonyl (C=O) groups is 1. The lowest BCUT2D eigenvalue weighted by atomic mass is 10.1. The first-order valence-electron chi connectivity index (χ1n) is 9.48. The van der Waals surface area contributed by atoms with Gasteiger partial charge in [0.25, 0.3) is 5.91 Å². The normalized spacial score (nSPS) is 13.1. The Balaban J connectivity index is 1.64. The number of ether oxygens (including phenoxy) is 2. The number of nitrogens with one attached hydrogen (secondary N) is 1. The average Bonchev–Trinajstić information content (AvgIpc) is 3.14. The SMILES string of the molecule is C[NH+](C)CCCN(C(=O)c1ccc2c(c1)OCCO2)c1nc2ccccc2s1. The third-order valence-electron chi connectivity index (χ3n) is 4.61. The van der Waals surface area contributed by atoms with Crippen molar-refractivity contribution >= 4 is 32.6 Å². The van der Waals surface area contributed by atoms with Crippen molar-refractivity contribution in [1.29, 1.82) is 0 Å². The molecule has 0 saturated heterocycles. The van der Waals surface area contributed by atoms with Crippen LogP contribution in [0.4, 0.5) is 5.13 Å². The van der Waals surface area contributed by atoms with Gasteiger partial charge in [0.2, 0.25) is 0 Å². The molecule has 1 N–H and O–H groups in total. The summed E-state index contributed by atoms with van der Waals surface area (Å²) in [5, 5.41) is 0.731. The first-order valence-corrected chi connectivity index (χ1v) is 10.3. The number of hydrogen-bond donors (Lipinski definition) is 1. The van der Waals surface area contributed by atoms with E-state index < -0.39 is 0 Å². The zero-order valence-corrected chi connectivity index (χ0v) is 16.9. The van der Waals surface area contributed by atoms with Crippen LogP contribution >= 0.6 is 11.3 Å². The minimum absolute atomic E-state index is 0.0650. The number of benzene rings is 2. The number of para-hydroxylation sites is 1. The van der Waals surface area contributed by atoms with E-state index in [9.17, 15) is 4.79 Å². The highest BCUT2D eigenvalue weighted by Crippen LogP contribution is 2.33. The Morgan fingerprint density at radius 2 is 1.93 bits per heavy atom. The zero-order valence-electron chi connectivity index (χ0n) is 16.1. The highest BCUT2D eigenvalue weighted by Gasteiger charge is 2.23. The molecule has 0 atom stereocenters. The van der Waals surface area contributed by atoms with Gasteiger partial charge in [0.1, 0.15) is 13.2 Å². The summed E-state index contributed by atoms with van der Waals surface area (Å²) in [5.74, 6) is 1.24. The van der Waals surface area contributed by atoms with Gasteiger partial charge in [0, 0.05) is 18.5 Å². The van der Waals surface area contributed by atoms with Gasteiger partial charge in [-0.2, -0.15) is 0 Å². The summed E-state index contributed by atoms with van der Waals surface area (Å²) in [7, 11) is 4.23. The average molecular weight is 399 g/mol. The van der Waals surface area contributed by atoms with E-state index in [0.717, 1.165) is 28.3 Å². The Bertz CT molecular complexity index is 953. The second-order valence-corrected chi connectivity index (χ2v) is 8.10. The predicted molar refractivity (Wildman–Crippen MR) is 111 cm³/mol. The van der Waals surface area contributed by atoms with Crippen LogP contribution in [0.3, 0.4) is 0 Å². The van der Waals surface area contributed by atoms with Gasteiger partial charge in [-0.3, -0.25) is 9.69 Å². The molecule has 4 rings (SSSR count). The van der Waals surface area contributed by atoms with E-state index >= 15 is 0 Å². The maximum Gasteiger partial charge on any atom is 0.260 e. The lowest BCUT2D eigenvalue weighted by Gasteiger charge is -2.22. The molecule has 0 saturated carbocycles. The van der Waals surface area contributed by atoms with Gasteiger partial charge in [-0.15, -0.1) is 0 Å². The van der Waals surface area contributed by atoms with Gasteiger partial charge in [0.15, 0.2) is 16.6 Å². The monoisotopic (exact) mass is 398 g/mol. The fraction of sp³-hybridized carbons (Fsp3) is 0.333. The Kier molecular flexibility index (Phi) is 5.45. The second-order valence-electron chi connectivity index (χ2n) is 7.09. The molecule has 1 aromatic heterocycles. The summed E-state index contributed by atoms with van der Waals surface area (Å²) in [5.41, 5.74) is 1.50. The Morgan fingerprint density at radius 3 is 2.71 bits per heavy atom. The van der Waals surface area contributed by atoms with Crippen LogP contribution in [-0.4, -0.2) is 51.3 Å². The van der Waals surface area contributed by atoms with Gasteiger partial charge < -0.3 is 14.4 Å². The molecule has 1 aliphatic rings. The number of nitrogens with zero attached hydrogens (tertiary/aromatic N) is 2. The van der Waals surface area contributed by atoms with E-state index in [-0.39, 0.29) is 5.91 Å². The Hall–Kier alpha value is -2.64. The number of hydrogen-bond acceptors (Lipinski definition) is 5. The molecule has 1 amide bonds. The topological polar surface area (TPSA) is 56.1 Å². The van der Waals surface area contributed by atoms with Crippen LogP contribution in [0.1, 0.15) is 16.8 Å². The fourth-order valence-electron chi connectivity index (χ4n) is 3.18. The summed E-state index contributed by atoms with van der Waals surface area (Å²) >= 11 is 1.55. The Labute approximate surface area is 168 Å². The van der Waals surface area contributed by atoms with Crippen molar-refractivity contribution in [2.45, 2.75) is 6.42 Å². The number of aromatic nitrogens is 1. The number of fused-ring (bicyclic) bond motifs is 2. The van der Waals surface area contributed by atoms with Crippen LogP contribution in [0.15, 0.2) is 42.5 Å². The van der Waals surface area contributed by atoms with E-state index in [4.69, 9.17) is 14.5 Å². The molecule has 2 aromatic carbocycles. The van der Waals surface area contributed by atoms with E-state index in [0.29, 0.717) is 36.8 Å². The van der Waals surface area contributed by atoms with Crippen molar-refractivity contribution in [2.75, 3.05) is 45.3 Å². The molecule has 6 nitrogen and oxygen atoms in total. The fourth-order valence-corrected chi connectivity index (χ4v) is 4.17. The lowest BCUT2D eigenvalue weighted by molar-refractivity contribution is -0.858. The minimum atomic E-state index is -0.0650. The summed E-state index contributed by atoms with van der Waals surface area (Å²) in [6.45, 7) is 2.64. The molecule has 28 heavy (non-hydrogen) atoms. The van der Waals surface area contributed by atoms with E-state index in [1.807, 2.05) is 30.3 Å². The number of thiazole rings is 1. The van der Waals surface area contributed by atoms with Gasteiger partial charge in [-0.05, 0) is 30.3 Å². The zero-order chi connectivity index (χ0) is 19.5. The van der Waals surface area contributed by atoms with Crippen LogP contribution in [0, 0.1) is 0 Å². The standard InChI is InChI=1S/C21H23N3O3S/c1-23(2)10-5-11-24(21-22-16-6-3-4-7-19(16)28-21)20(25)15-8-9-17-18(14-15)27-13-12-26-17/h3-4,6-9,14H,5,10-13H2,1-2H3/p+1. The summed E-state index contributed by atoms with van der Waals surface area (Å²) in [6.07, 6.45) is 0.897. The van der Waals surface area contributed by atoms with Gasteiger partial charge in [0.05, 0.1) is 30.9 Å². The molecule has 3 aromatic rings. The highest BCUT2D eigenvalue weighted by molar-refractivity contribution is 7.22.